The van der Waals surface area contributed by atoms with Crippen LogP contribution in [0.25, 0.3) is 5.69 Å². The van der Waals surface area contributed by atoms with Crippen LogP contribution in [0.15, 0.2) is 30.5 Å². The fraction of sp³-hybridized carbons (Fsp3) is 0.286. The molecule has 0 amide bonds. The number of nitrogens with zero attached hydrogens (tertiary/aromatic N) is 2. The molecule has 2 aromatic rings. The summed E-state index contributed by atoms with van der Waals surface area (Å²) in [5.74, 6) is -0.546. The second kappa shape index (κ2) is 3.98. The molecule has 0 aliphatic heterocycles. The van der Waals surface area contributed by atoms with Crippen LogP contribution in [-0.4, -0.2) is 20.9 Å². The number of carboxylic acids is 1. The fourth-order valence-electron chi connectivity index (χ4n) is 2.24. The number of benzene rings is 1. The van der Waals surface area contributed by atoms with Gasteiger partial charge in [-0.25, -0.2) is 9.48 Å². The Kier molecular flexibility index (Phi) is 2.44. The van der Waals surface area contributed by atoms with Gasteiger partial charge in [0.1, 0.15) is 5.56 Å². The van der Waals surface area contributed by atoms with E-state index in [2.05, 4.69) is 5.10 Å². The van der Waals surface area contributed by atoms with E-state index in [4.69, 9.17) is 0 Å². The third kappa shape index (κ3) is 1.79. The average Bonchev–Trinajstić information content (AvgIpc) is 3.07. The molecule has 92 valence electrons. The van der Waals surface area contributed by atoms with Gasteiger partial charge in [0.15, 0.2) is 0 Å². The van der Waals surface area contributed by atoms with Gasteiger partial charge in [0, 0.05) is 5.92 Å². The Hall–Kier alpha value is -2.10. The van der Waals surface area contributed by atoms with Gasteiger partial charge in [0.2, 0.25) is 0 Å². The highest BCUT2D eigenvalue weighted by molar-refractivity contribution is 5.89. The zero-order chi connectivity index (χ0) is 12.7. The van der Waals surface area contributed by atoms with Crippen LogP contribution in [-0.2, 0) is 0 Å². The van der Waals surface area contributed by atoms with Crippen LogP contribution in [0.1, 0.15) is 40.4 Å². The van der Waals surface area contributed by atoms with Gasteiger partial charge in [-0.2, -0.15) is 5.10 Å². The van der Waals surface area contributed by atoms with Crippen molar-refractivity contribution in [2.75, 3.05) is 0 Å². The highest BCUT2D eigenvalue weighted by Crippen LogP contribution is 2.42. The van der Waals surface area contributed by atoms with Crippen LogP contribution in [0, 0.1) is 6.92 Å². The molecule has 0 saturated heterocycles. The second-order valence-electron chi connectivity index (χ2n) is 4.77. The zero-order valence-electron chi connectivity index (χ0n) is 10.1. The van der Waals surface area contributed by atoms with Gasteiger partial charge >= 0.3 is 5.97 Å². The van der Waals surface area contributed by atoms with Gasteiger partial charge in [0.25, 0.3) is 0 Å². The van der Waals surface area contributed by atoms with E-state index >= 15 is 0 Å². The van der Waals surface area contributed by atoms with E-state index in [0.29, 0.717) is 11.5 Å². The van der Waals surface area contributed by atoms with Crippen molar-refractivity contribution in [2.45, 2.75) is 25.7 Å². The predicted molar refractivity (Wildman–Crippen MR) is 67.2 cm³/mol. The molecule has 1 aromatic heterocycles. The number of rotatable bonds is 3. The van der Waals surface area contributed by atoms with Gasteiger partial charge in [-0.15, -0.1) is 0 Å². The first-order valence-corrected chi connectivity index (χ1v) is 6.05. The normalized spacial score (nSPS) is 14.7. The zero-order valence-corrected chi connectivity index (χ0v) is 10.1. The number of carboxylic acid groups (broad SMARTS) is 1. The molecule has 1 aliphatic carbocycles. The Morgan fingerprint density at radius 3 is 2.83 bits per heavy atom. The minimum Gasteiger partial charge on any atom is -0.478 e. The van der Waals surface area contributed by atoms with Crippen LogP contribution in [0.2, 0.25) is 0 Å². The van der Waals surface area contributed by atoms with E-state index in [9.17, 15) is 9.90 Å². The topological polar surface area (TPSA) is 55.1 Å². The van der Waals surface area contributed by atoms with Crippen molar-refractivity contribution in [1.29, 1.82) is 0 Å². The maximum Gasteiger partial charge on any atom is 0.339 e. The Bertz CT molecular complexity index is 612. The summed E-state index contributed by atoms with van der Waals surface area (Å²) >= 11 is 0. The van der Waals surface area contributed by atoms with Crippen LogP contribution < -0.4 is 0 Å². The molecule has 1 saturated carbocycles. The molecule has 0 atom stereocenters. The number of carbonyl (C=O) groups is 1. The SMILES string of the molecule is Cc1cccc(-n2ncc(C(=O)O)c2C2CC2)c1. The number of aryl methyl sites for hydroxylation is 1. The lowest BCUT2D eigenvalue weighted by atomic mass is 10.1. The van der Waals surface area contributed by atoms with Crippen molar-refractivity contribution in [1.82, 2.24) is 9.78 Å². The average molecular weight is 242 g/mol. The van der Waals surface area contributed by atoms with Gasteiger partial charge in [-0.05, 0) is 37.5 Å². The molecule has 1 aliphatic rings. The summed E-state index contributed by atoms with van der Waals surface area (Å²) in [6.07, 6.45) is 3.56. The van der Waals surface area contributed by atoms with Crippen LogP contribution >= 0.6 is 0 Å². The highest BCUT2D eigenvalue weighted by atomic mass is 16.4. The van der Waals surface area contributed by atoms with E-state index in [-0.39, 0.29) is 0 Å². The van der Waals surface area contributed by atoms with Crippen molar-refractivity contribution in [3.8, 4) is 5.69 Å². The molecule has 1 heterocycles. The van der Waals surface area contributed by atoms with Crippen LogP contribution in [0.3, 0.4) is 0 Å². The van der Waals surface area contributed by atoms with E-state index in [1.54, 1.807) is 4.68 Å². The Morgan fingerprint density at radius 2 is 2.22 bits per heavy atom. The highest BCUT2D eigenvalue weighted by Gasteiger charge is 2.32. The van der Waals surface area contributed by atoms with E-state index in [0.717, 1.165) is 29.8 Å². The fourth-order valence-corrected chi connectivity index (χ4v) is 2.24. The summed E-state index contributed by atoms with van der Waals surface area (Å²) in [7, 11) is 0. The van der Waals surface area contributed by atoms with Gasteiger partial charge in [-0.1, -0.05) is 12.1 Å². The van der Waals surface area contributed by atoms with Gasteiger partial charge in [-0.3, -0.25) is 0 Å². The Morgan fingerprint density at radius 1 is 1.44 bits per heavy atom. The lowest BCUT2D eigenvalue weighted by Gasteiger charge is -2.08. The first-order chi connectivity index (χ1) is 8.66. The number of aromatic nitrogens is 2. The standard InChI is InChI=1S/C14H14N2O2/c1-9-3-2-4-11(7-9)16-13(10-5-6-10)12(8-15-16)14(17)18/h2-4,7-8,10H,5-6H2,1H3,(H,17,18). The smallest absolute Gasteiger partial charge is 0.339 e. The molecule has 0 unspecified atom stereocenters. The molecule has 4 nitrogen and oxygen atoms in total. The Labute approximate surface area is 105 Å². The van der Waals surface area contributed by atoms with Gasteiger partial charge in [0.05, 0.1) is 17.6 Å². The number of hydrogen-bond donors (Lipinski definition) is 1. The third-order valence-electron chi connectivity index (χ3n) is 3.25. The lowest BCUT2D eigenvalue weighted by Crippen LogP contribution is -2.05. The van der Waals surface area contributed by atoms with Crippen LogP contribution in [0.5, 0.6) is 0 Å². The van der Waals surface area contributed by atoms with E-state index < -0.39 is 5.97 Å². The summed E-state index contributed by atoms with van der Waals surface area (Å²) < 4.78 is 1.77. The molecule has 0 radical (unpaired) electrons. The quantitative estimate of drug-likeness (QED) is 0.900. The first-order valence-electron chi connectivity index (χ1n) is 6.05. The molecule has 1 fully saturated rings. The maximum absolute atomic E-state index is 11.2. The molecule has 3 rings (SSSR count). The molecule has 1 N–H and O–H groups in total. The summed E-state index contributed by atoms with van der Waals surface area (Å²) in [5.41, 5.74) is 3.25. The second-order valence-corrected chi connectivity index (χ2v) is 4.77. The number of aromatic carboxylic acids is 1. The van der Waals surface area contributed by atoms with E-state index in [1.807, 2.05) is 31.2 Å². The summed E-state index contributed by atoms with van der Waals surface area (Å²) in [6, 6.07) is 7.95. The molecular formula is C14H14N2O2. The molecule has 18 heavy (non-hydrogen) atoms. The monoisotopic (exact) mass is 242 g/mol. The predicted octanol–water partition coefficient (Wildman–Crippen LogP) is 2.76. The van der Waals surface area contributed by atoms with Crippen molar-refractivity contribution < 1.29 is 9.90 Å². The summed E-state index contributed by atoms with van der Waals surface area (Å²) in [4.78, 5) is 11.2. The third-order valence-corrected chi connectivity index (χ3v) is 3.25. The maximum atomic E-state index is 11.2. The lowest BCUT2D eigenvalue weighted by molar-refractivity contribution is 0.0695. The Balaban J connectivity index is 2.15. The largest absolute Gasteiger partial charge is 0.478 e. The molecule has 0 spiro atoms. The van der Waals surface area contributed by atoms with Crippen molar-refractivity contribution >= 4 is 5.97 Å². The number of hydrogen-bond acceptors (Lipinski definition) is 2. The molecule has 4 heteroatoms. The van der Waals surface area contributed by atoms with Crippen LogP contribution in [0.4, 0.5) is 0 Å². The molecule has 1 aromatic carbocycles. The first kappa shape index (κ1) is 11.0. The van der Waals surface area contributed by atoms with Crippen molar-refractivity contribution in [2.24, 2.45) is 0 Å². The summed E-state index contributed by atoms with van der Waals surface area (Å²) in [5, 5.41) is 13.4. The minimum atomic E-state index is -0.893. The minimum absolute atomic E-state index is 0.332. The van der Waals surface area contributed by atoms with Crippen molar-refractivity contribution in [3.63, 3.8) is 0 Å². The molecule has 0 bridgehead atoms. The van der Waals surface area contributed by atoms with Crippen molar-refractivity contribution in [3.05, 3.63) is 47.3 Å². The summed E-state index contributed by atoms with van der Waals surface area (Å²) in [6.45, 7) is 2.02. The van der Waals surface area contributed by atoms with E-state index in [1.165, 1.54) is 6.20 Å². The van der Waals surface area contributed by atoms with Gasteiger partial charge < -0.3 is 5.11 Å². The molecular weight excluding hydrogens is 228 g/mol.